The summed E-state index contributed by atoms with van der Waals surface area (Å²) in [4.78, 5) is 26.0. The van der Waals surface area contributed by atoms with E-state index >= 15 is 0 Å². The fourth-order valence-electron chi connectivity index (χ4n) is 3.55. The van der Waals surface area contributed by atoms with E-state index in [2.05, 4.69) is 20.8 Å². The van der Waals surface area contributed by atoms with Crippen LogP contribution in [-0.2, 0) is 14.8 Å². The van der Waals surface area contributed by atoms with E-state index < -0.39 is 22.0 Å². The molecular weight excluding hydrogens is 442 g/mol. The second kappa shape index (κ2) is 10.1. The Morgan fingerprint density at radius 2 is 1.79 bits per heavy atom. The Morgan fingerprint density at radius 1 is 1.09 bits per heavy atom. The van der Waals surface area contributed by atoms with E-state index in [1.54, 1.807) is 32.2 Å². The topological polar surface area (TPSA) is 124 Å². The number of aromatic nitrogens is 2. The molecule has 1 aromatic heterocycles. The van der Waals surface area contributed by atoms with Crippen LogP contribution in [0.4, 0.5) is 5.69 Å². The summed E-state index contributed by atoms with van der Waals surface area (Å²) >= 11 is 0. The van der Waals surface area contributed by atoms with Gasteiger partial charge in [-0.25, -0.2) is 8.42 Å². The fraction of sp³-hybridized carbons (Fsp3) is 0.348. The lowest BCUT2D eigenvalue weighted by Crippen LogP contribution is -2.47. The first-order chi connectivity index (χ1) is 15.7. The normalized spacial score (nSPS) is 12.8. The van der Waals surface area contributed by atoms with Crippen molar-refractivity contribution in [2.75, 3.05) is 18.4 Å². The van der Waals surface area contributed by atoms with Gasteiger partial charge in [0.05, 0.1) is 22.3 Å². The number of anilines is 1. The molecule has 3 N–H and O–H groups in total. The van der Waals surface area contributed by atoms with Gasteiger partial charge in [-0.1, -0.05) is 45.9 Å². The molecule has 3 rings (SSSR count). The van der Waals surface area contributed by atoms with Gasteiger partial charge in [-0.05, 0) is 30.2 Å². The van der Waals surface area contributed by atoms with Gasteiger partial charge < -0.3 is 10.6 Å². The SMILES string of the molecule is CCN(CC)S(=O)(=O)c1cccc(C(=O)N[C@@H](C(=O)Nc2cccc3cn[nH]c23)C(C)C)c1. The van der Waals surface area contributed by atoms with Crippen LogP contribution in [0.15, 0.2) is 53.6 Å². The average Bonchev–Trinajstić information content (AvgIpc) is 3.27. The molecule has 0 saturated carbocycles. The van der Waals surface area contributed by atoms with E-state index in [9.17, 15) is 18.0 Å². The van der Waals surface area contributed by atoms with Gasteiger partial charge in [-0.2, -0.15) is 9.40 Å². The van der Waals surface area contributed by atoms with Crippen molar-refractivity contribution >= 4 is 38.4 Å². The number of aromatic amines is 1. The lowest BCUT2D eigenvalue weighted by atomic mass is 10.0. The number of rotatable bonds is 9. The average molecular weight is 472 g/mol. The van der Waals surface area contributed by atoms with Gasteiger partial charge >= 0.3 is 0 Å². The fourth-order valence-corrected chi connectivity index (χ4v) is 5.06. The number of fused-ring (bicyclic) bond motifs is 1. The monoisotopic (exact) mass is 471 g/mol. The molecule has 3 aromatic rings. The molecule has 0 aliphatic carbocycles. The van der Waals surface area contributed by atoms with Crippen molar-refractivity contribution in [3.05, 3.63) is 54.2 Å². The van der Waals surface area contributed by atoms with Crippen molar-refractivity contribution in [2.45, 2.75) is 38.6 Å². The Kier molecular flexibility index (Phi) is 7.50. The predicted molar refractivity (Wildman–Crippen MR) is 127 cm³/mol. The van der Waals surface area contributed by atoms with Crippen LogP contribution in [0.25, 0.3) is 10.9 Å². The molecule has 9 nitrogen and oxygen atoms in total. The van der Waals surface area contributed by atoms with Crippen LogP contribution in [0.2, 0.25) is 0 Å². The zero-order valence-corrected chi connectivity index (χ0v) is 19.9. The van der Waals surface area contributed by atoms with Gasteiger partial charge in [0, 0.05) is 24.0 Å². The smallest absolute Gasteiger partial charge is 0.251 e. The zero-order chi connectivity index (χ0) is 24.2. The highest BCUT2D eigenvalue weighted by atomic mass is 32.2. The number of carbonyl (C=O) groups excluding carboxylic acids is 2. The summed E-state index contributed by atoms with van der Waals surface area (Å²) in [6.07, 6.45) is 1.66. The number of nitrogens with zero attached hydrogens (tertiary/aromatic N) is 2. The molecule has 176 valence electrons. The minimum Gasteiger partial charge on any atom is -0.340 e. The molecule has 2 amide bonds. The summed E-state index contributed by atoms with van der Waals surface area (Å²) in [6.45, 7) is 7.81. The third kappa shape index (κ3) is 5.23. The summed E-state index contributed by atoms with van der Waals surface area (Å²) < 4.78 is 27.0. The lowest BCUT2D eigenvalue weighted by Gasteiger charge is -2.22. The van der Waals surface area contributed by atoms with Crippen molar-refractivity contribution in [1.29, 1.82) is 0 Å². The largest absolute Gasteiger partial charge is 0.340 e. The molecule has 0 aliphatic rings. The summed E-state index contributed by atoms with van der Waals surface area (Å²) in [5.41, 5.74) is 1.41. The molecule has 0 saturated heterocycles. The quantitative estimate of drug-likeness (QED) is 0.443. The van der Waals surface area contributed by atoms with Gasteiger partial charge in [0.15, 0.2) is 0 Å². The van der Waals surface area contributed by atoms with Crippen LogP contribution < -0.4 is 10.6 Å². The Labute approximate surface area is 193 Å². The van der Waals surface area contributed by atoms with E-state index in [-0.39, 0.29) is 22.3 Å². The first-order valence-electron chi connectivity index (χ1n) is 10.8. The lowest BCUT2D eigenvalue weighted by molar-refractivity contribution is -0.118. The van der Waals surface area contributed by atoms with Crippen LogP contribution in [0.1, 0.15) is 38.1 Å². The highest BCUT2D eigenvalue weighted by molar-refractivity contribution is 7.89. The Bertz CT molecular complexity index is 1250. The van der Waals surface area contributed by atoms with Gasteiger partial charge in [0.1, 0.15) is 6.04 Å². The Hall–Kier alpha value is -3.24. The van der Waals surface area contributed by atoms with Crippen LogP contribution in [-0.4, -0.2) is 53.9 Å². The maximum absolute atomic E-state index is 13.0. The maximum atomic E-state index is 13.0. The molecule has 0 bridgehead atoms. The molecule has 33 heavy (non-hydrogen) atoms. The second-order valence-electron chi connectivity index (χ2n) is 7.94. The minimum absolute atomic E-state index is 0.0373. The number of nitrogens with one attached hydrogen (secondary N) is 3. The van der Waals surface area contributed by atoms with E-state index in [1.807, 2.05) is 19.9 Å². The van der Waals surface area contributed by atoms with Crippen LogP contribution in [0, 0.1) is 5.92 Å². The number of H-pyrrole nitrogens is 1. The number of para-hydroxylation sites is 1. The highest BCUT2D eigenvalue weighted by Gasteiger charge is 2.27. The highest BCUT2D eigenvalue weighted by Crippen LogP contribution is 2.21. The molecule has 1 heterocycles. The zero-order valence-electron chi connectivity index (χ0n) is 19.1. The third-order valence-corrected chi connectivity index (χ3v) is 7.46. The number of amides is 2. The number of carbonyl (C=O) groups is 2. The number of hydrogen-bond donors (Lipinski definition) is 3. The first kappa shape index (κ1) is 24.4. The molecule has 0 aliphatic heterocycles. The van der Waals surface area contributed by atoms with E-state index in [0.29, 0.717) is 24.3 Å². The van der Waals surface area contributed by atoms with Crippen molar-refractivity contribution in [3.63, 3.8) is 0 Å². The summed E-state index contributed by atoms with van der Waals surface area (Å²) in [6, 6.07) is 10.4. The molecule has 0 unspecified atom stereocenters. The second-order valence-corrected chi connectivity index (χ2v) is 9.88. The van der Waals surface area contributed by atoms with Crippen molar-refractivity contribution in [2.24, 2.45) is 5.92 Å². The molecule has 10 heteroatoms. The number of benzene rings is 2. The first-order valence-corrected chi connectivity index (χ1v) is 12.3. The number of sulfonamides is 1. The van der Waals surface area contributed by atoms with Crippen molar-refractivity contribution < 1.29 is 18.0 Å². The van der Waals surface area contributed by atoms with E-state index in [1.165, 1.54) is 28.6 Å². The van der Waals surface area contributed by atoms with E-state index in [0.717, 1.165) is 5.39 Å². The summed E-state index contributed by atoms with van der Waals surface area (Å²) in [7, 11) is -3.71. The number of hydrogen-bond acceptors (Lipinski definition) is 5. The summed E-state index contributed by atoms with van der Waals surface area (Å²) in [5.74, 6) is -1.12. The standard InChI is InChI=1S/C23H29N5O4S/c1-5-28(6-2)33(31,32)18-11-7-9-16(13-18)22(29)26-20(15(3)4)23(30)25-19-12-8-10-17-14-24-27-21(17)19/h7-15,20H,5-6H2,1-4H3,(H,24,27)(H,25,30)(H,26,29)/t20-/m1/s1. The molecular formula is C23H29N5O4S. The molecule has 0 fully saturated rings. The molecule has 2 aromatic carbocycles. The minimum atomic E-state index is -3.71. The Balaban J connectivity index is 1.81. The van der Waals surface area contributed by atoms with Crippen molar-refractivity contribution in [1.82, 2.24) is 19.8 Å². The van der Waals surface area contributed by atoms with Gasteiger partial charge in [0.2, 0.25) is 15.9 Å². The van der Waals surface area contributed by atoms with Gasteiger partial charge in [0.25, 0.3) is 5.91 Å². The predicted octanol–water partition coefficient (Wildman–Crippen LogP) is 2.99. The van der Waals surface area contributed by atoms with E-state index in [4.69, 9.17) is 0 Å². The Morgan fingerprint density at radius 3 is 2.45 bits per heavy atom. The van der Waals surface area contributed by atoms with Crippen LogP contribution in [0.3, 0.4) is 0 Å². The third-order valence-electron chi connectivity index (χ3n) is 5.41. The van der Waals surface area contributed by atoms with Gasteiger partial charge in [-0.3, -0.25) is 14.7 Å². The van der Waals surface area contributed by atoms with Crippen LogP contribution >= 0.6 is 0 Å². The van der Waals surface area contributed by atoms with Crippen molar-refractivity contribution in [3.8, 4) is 0 Å². The maximum Gasteiger partial charge on any atom is 0.251 e. The van der Waals surface area contributed by atoms with Gasteiger partial charge in [-0.15, -0.1) is 0 Å². The summed E-state index contributed by atoms with van der Waals surface area (Å²) in [5, 5.41) is 13.3. The molecule has 0 radical (unpaired) electrons. The molecule has 1 atom stereocenters. The van der Waals surface area contributed by atoms with Crippen LogP contribution in [0.5, 0.6) is 0 Å². The molecule has 0 spiro atoms.